The molecule has 0 bridgehead atoms. The van der Waals surface area contributed by atoms with E-state index in [0.717, 1.165) is 21.3 Å². The normalized spacial score (nSPS) is 18.6. The van der Waals surface area contributed by atoms with Gasteiger partial charge in [0.1, 0.15) is 5.75 Å². The van der Waals surface area contributed by atoms with Crippen LogP contribution >= 0.6 is 33.5 Å². The third-order valence-electron chi connectivity index (χ3n) is 2.93. The standard InChI is InChI=1S/C13H14N4O2S3/c1-20-17-15-14-13(12-7-6-11(8-18)21-22-12)16(17)9-2-4-10(19)5-3-9/h2-7,15,18-19H,8H2,1H3. The Bertz CT molecular complexity index is 645. The lowest BCUT2D eigenvalue weighted by Gasteiger charge is -2.27. The van der Waals surface area contributed by atoms with Crippen molar-refractivity contribution in [1.82, 2.24) is 10.1 Å². The summed E-state index contributed by atoms with van der Waals surface area (Å²) in [6.45, 7) is 0.0464. The number of allylic oxidation sites excluding steroid dienone is 2. The number of phenols is 1. The van der Waals surface area contributed by atoms with Gasteiger partial charge in [0.25, 0.3) is 0 Å². The summed E-state index contributed by atoms with van der Waals surface area (Å²) in [6.07, 6.45) is 5.79. The Morgan fingerprint density at radius 2 is 2.00 bits per heavy atom. The molecule has 3 rings (SSSR count). The summed E-state index contributed by atoms with van der Waals surface area (Å²) >= 11 is 1.48. The molecule has 2 aliphatic heterocycles. The molecule has 2 heterocycles. The Labute approximate surface area is 140 Å². The van der Waals surface area contributed by atoms with Crippen LogP contribution in [-0.4, -0.2) is 33.4 Å². The molecule has 6 nitrogen and oxygen atoms in total. The average molecular weight is 354 g/mol. The second kappa shape index (κ2) is 6.88. The van der Waals surface area contributed by atoms with Crippen LogP contribution in [0.4, 0.5) is 5.69 Å². The average Bonchev–Trinajstić information content (AvgIpc) is 2.99. The largest absolute Gasteiger partial charge is 0.508 e. The van der Waals surface area contributed by atoms with Gasteiger partial charge in [-0.1, -0.05) is 15.3 Å². The number of nitrogens with zero attached hydrogens (tertiary/aromatic N) is 3. The van der Waals surface area contributed by atoms with Gasteiger partial charge in [-0.3, -0.25) is 0 Å². The number of aliphatic hydroxyl groups is 1. The highest BCUT2D eigenvalue weighted by molar-refractivity contribution is 8.79. The van der Waals surface area contributed by atoms with E-state index < -0.39 is 0 Å². The number of aliphatic hydroxyl groups excluding tert-OH is 1. The molecule has 1 aromatic carbocycles. The van der Waals surface area contributed by atoms with Crippen LogP contribution in [0.3, 0.4) is 0 Å². The Hall–Kier alpha value is -1.26. The topological polar surface area (TPSA) is 71.3 Å². The zero-order valence-corrected chi connectivity index (χ0v) is 14.1. The number of hydrogen-bond donors (Lipinski definition) is 3. The summed E-state index contributed by atoms with van der Waals surface area (Å²) < 4.78 is 1.80. The maximum absolute atomic E-state index is 9.46. The maximum Gasteiger partial charge on any atom is 0.186 e. The lowest BCUT2D eigenvalue weighted by atomic mass is 10.3. The first kappa shape index (κ1) is 15.6. The fourth-order valence-corrected chi connectivity index (χ4v) is 4.35. The van der Waals surface area contributed by atoms with Crippen molar-refractivity contribution < 1.29 is 10.2 Å². The van der Waals surface area contributed by atoms with E-state index in [1.165, 1.54) is 22.7 Å². The number of aromatic hydroxyl groups is 1. The molecule has 0 spiro atoms. The molecule has 0 aromatic heterocycles. The number of rotatable bonds is 4. The molecule has 0 radical (unpaired) electrons. The second-order valence-corrected chi connectivity index (χ2v) is 7.32. The van der Waals surface area contributed by atoms with Gasteiger partial charge in [0.05, 0.1) is 17.2 Å². The zero-order valence-electron chi connectivity index (χ0n) is 11.6. The molecule has 0 fully saturated rings. The molecule has 3 N–H and O–H groups in total. The summed E-state index contributed by atoms with van der Waals surface area (Å²) in [5, 5.41) is 24.9. The Balaban J connectivity index is 1.91. The number of anilines is 1. The van der Waals surface area contributed by atoms with Gasteiger partial charge in [-0.15, -0.1) is 5.10 Å². The molecule has 0 unspecified atom stereocenters. The quantitative estimate of drug-likeness (QED) is 0.563. The molecule has 0 aliphatic carbocycles. The van der Waals surface area contributed by atoms with Gasteiger partial charge in [0.15, 0.2) is 5.84 Å². The van der Waals surface area contributed by atoms with E-state index in [2.05, 4.69) is 10.6 Å². The van der Waals surface area contributed by atoms with Crippen LogP contribution in [-0.2, 0) is 0 Å². The van der Waals surface area contributed by atoms with Crippen LogP contribution in [0, 0.1) is 0 Å². The minimum Gasteiger partial charge on any atom is -0.508 e. The highest BCUT2D eigenvalue weighted by Crippen LogP contribution is 2.42. The van der Waals surface area contributed by atoms with Gasteiger partial charge >= 0.3 is 0 Å². The number of amidine groups is 1. The number of phenolic OH excluding ortho intramolecular Hbond substituents is 1. The summed E-state index contributed by atoms with van der Waals surface area (Å²) in [7, 11) is 3.08. The molecule has 9 heteroatoms. The Morgan fingerprint density at radius 3 is 2.59 bits per heavy atom. The zero-order chi connectivity index (χ0) is 15.5. The summed E-state index contributed by atoms with van der Waals surface area (Å²) in [5.41, 5.74) is 3.84. The molecule has 0 amide bonds. The van der Waals surface area contributed by atoms with Crippen LogP contribution in [0.2, 0.25) is 0 Å². The van der Waals surface area contributed by atoms with E-state index in [-0.39, 0.29) is 12.4 Å². The molecule has 116 valence electrons. The van der Waals surface area contributed by atoms with Crippen molar-refractivity contribution in [2.75, 3.05) is 17.9 Å². The van der Waals surface area contributed by atoms with E-state index in [1.807, 2.05) is 35.5 Å². The van der Waals surface area contributed by atoms with Crippen LogP contribution in [0.15, 0.2) is 51.3 Å². The monoisotopic (exact) mass is 354 g/mol. The van der Waals surface area contributed by atoms with Crippen LogP contribution < -0.4 is 10.5 Å². The third-order valence-corrected chi connectivity index (χ3v) is 6.01. The van der Waals surface area contributed by atoms with E-state index in [0.29, 0.717) is 0 Å². The van der Waals surface area contributed by atoms with Crippen molar-refractivity contribution in [2.45, 2.75) is 0 Å². The molecule has 0 saturated carbocycles. The van der Waals surface area contributed by atoms with Gasteiger partial charge in [-0.25, -0.2) is 10.5 Å². The molecule has 1 aromatic rings. The van der Waals surface area contributed by atoms with Gasteiger partial charge in [-0.05, 0) is 59.2 Å². The van der Waals surface area contributed by atoms with Gasteiger partial charge in [0, 0.05) is 11.2 Å². The molecule has 0 saturated heterocycles. The summed E-state index contributed by atoms with van der Waals surface area (Å²) in [6, 6.07) is 6.95. The van der Waals surface area contributed by atoms with E-state index in [9.17, 15) is 5.11 Å². The van der Waals surface area contributed by atoms with Crippen molar-refractivity contribution >= 4 is 45.1 Å². The number of benzene rings is 1. The minimum absolute atomic E-state index is 0.0464. The second-order valence-electron chi connectivity index (χ2n) is 4.31. The van der Waals surface area contributed by atoms with Crippen LogP contribution in [0.25, 0.3) is 0 Å². The predicted molar refractivity (Wildman–Crippen MR) is 94.9 cm³/mol. The molecule has 0 atom stereocenters. The lowest BCUT2D eigenvalue weighted by Crippen LogP contribution is -2.41. The van der Waals surface area contributed by atoms with Gasteiger partial charge in [0.2, 0.25) is 0 Å². The summed E-state index contributed by atoms with van der Waals surface area (Å²) in [5.74, 6) is 0.994. The fraction of sp³-hybridized carbons (Fsp3) is 0.154. The van der Waals surface area contributed by atoms with E-state index in [1.54, 1.807) is 27.4 Å². The highest BCUT2D eigenvalue weighted by atomic mass is 33.1. The lowest BCUT2D eigenvalue weighted by molar-refractivity contribution is 0.339. The predicted octanol–water partition coefficient (Wildman–Crippen LogP) is 2.68. The maximum atomic E-state index is 9.46. The van der Waals surface area contributed by atoms with Crippen molar-refractivity contribution in [3.05, 3.63) is 46.2 Å². The van der Waals surface area contributed by atoms with Crippen LogP contribution in [0.5, 0.6) is 5.75 Å². The number of hydrazone groups is 1. The fourth-order valence-electron chi connectivity index (χ4n) is 1.88. The van der Waals surface area contributed by atoms with Gasteiger partial charge in [-0.2, -0.15) is 0 Å². The number of hydrogen-bond acceptors (Lipinski definition) is 9. The summed E-state index contributed by atoms with van der Waals surface area (Å²) in [4.78, 5) is 1.90. The first-order valence-corrected chi connectivity index (χ1v) is 9.69. The molecular formula is C13H14N4O2S3. The van der Waals surface area contributed by atoms with Gasteiger partial charge < -0.3 is 10.2 Å². The smallest absolute Gasteiger partial charge is 0.186 e. The molecular weight excluding hydrogens is 340 g/mol. The number of hydrazine groups is 2. The number of nitrogens with one attached hydrogen (secondary N) is 1. The van der Waals surface area contributed by atoms with E-state index in [4.69, 9.17) is 5.11 Å². The van der Waals surface area contributed by atoms with Crippen molar-refractivity contribution in [1.29, 1.82) is 0 Å². The minimum atomic E-state index is 0.0464. The first-order chi connectivity index (χ1) is 10.7. The Morgan fingerprint density at radius 1 is 1.23 bits per heavy atom. The van der Waals surface area contributed by atoms with E-state index >= 15 is 0 Å². The molecule has 22 heavy (non-hydrogen) atoms. The van der Waals surface area contributed by atoms with Crippen molar-refractivity contribution in [2.24, 2.45) is 5.10 Å². The Kier molecular flexibility index (Phi) is 4.89. The SMILES string of the molecule is CSN1NN=C(C2=CC=C(CO)SS2)N1c1ccc(O)cc1. The van der Waals surface area contributed by atoms with Crippen LogP contribution in [0.1, 0.15) is 0 Å². The van der Waals surface area contributed by atoms with Crippen molar-refractivity contribution in [3.8, 4) is 5.75 Å². The third kappa shape index (κ3) is 3.08. The molecule has 2 aliphatic rings. The first-order valence-electron chi connectivity index (χ1n) is 6.36. The van der Waals surface area contributed by atoms with Crippen molar-refractivity contribution in [3.63, 3.8) is 0 Å². The highest BCUT2D eigenvalue weighted by Gasteiger charge is 2.30.